The average molecular weight is 1220 g/mol. The second-order valence-electron chi connectivity index (χ2n) is 15.9. The standard InChI is InChI=1S/C16H21NO5.C15H24O6S.C8H19NO3.C8H5NO2.C8H18O4.CH3F.K/c1-2-20-9-10-22-12-11-21-8-7-17-15(18)13-5-3-4-6-14(13)16(17)19;1-3-18-8-9-19-10-11-20-12-13-21-22(16,17)15-6-4-14(2)5-7-15;1-2-10-5-6-12-8-7-11-4-3-9;10-7-5-3-1-2-4-6(5)8(11)9-7;1-2-10-5-6-12-8-7-11-4-3-9;1-2;/h3-6H,2,7-12H2,1H3;4-7H,3,8-13H2,1-2H3;2-9H2,1H3;1-4H,(H,9,10,11);9H,2-8H2,1H3;1H3;/q;;;;;;+1/p-1/i;;;;;1D;. The minimum Gasteiger partial charge on any atom is -0.587 e. The van der Waals surface area contributed by atoms with E-state index in [4.69, 9.17) is 73.2 Å². The van der Waals surface area contributed by atoms with Gasteiger partial charge in [0.15, 0.2) is 0 Å². The number of hydrogen-bond acceptors (Lipinski definition) is 21. The second-order valence-corrected chi connectivity index (χ2v) is 17.5. The first-order valence-corrected chi connectivity index (χ1v) is 28.2. The van der Waals surface area contributed by atoms with E-state index in [1.54, 1.807) is 60.7 Å². The number of aliphatic hydroxyl groups excluding tert-OH is 1. The third kappa shape index (κ3) is 40.2. The average Bonchev–Trinajstić information content (AvgIpc) is 4.06. The van der Waals surface area contributed by atoms with E-state index in [1.807, 2.05) is 34.6 Å². The van der Waals surface area contributed by atoms with Crippen molar-refractivity contribution in [2.24, 2.45) is 5.73 Å². The summed E-state index contributed by atoms with van der Waals surface area (Å²) in [5, 5.41) is 11.6. The normalized spacial score (nSPS) is 12.1. The first-order valence-electron chi connectivity index (χ1n) is 27.5. The van der Waals surface area contributed by atoms with Crippen LogP contribution < -0.4 is 57.1 Å². The number of amides is 4. The van der Waals surface area contributed by atoms with Crippen molar-refractivity contribution < 1.29 is 151 Å². The van der Waals surface area contributed by atoms with Gasteiger partial charge in [0.1, 0.15) is 0 Å². The number of halogens is 1. The topological polar surface area (TPSA) is 286 Å². The number of benzene rings is 3. The minimum absolute atomic E-state index is 0. The molecule has 0 aliphatic carbocycles. The Hall–Kier alpha value is -3.14. The number of aliphatic hydroxyl groups is 1. The summed E-state index contributed by atoms with van der Waals surface area (Å²) in [6.07, 6.45) is 0. The summed E-state index contributed by atoms with van der Waals surface area (Å²) in [5.41, 5.74) is 7.97. The number of alkyl halides is 1. The SMILES string of the molecule is CCOCCOCCOCCN.CCOCCOCCOCCN1C(=O)c2ccccc2C1=O.CCOCCOCCOCCO.CCOCCOCCOCCOS(=O)(=O)c1ccc(C)cc1.O=C1[N-]C(=O)c2ccccc21.[2H]CF.[K+]. The summed E-state index contributed by atoms with van der Waals surface area (Å²) < 4.78 is 106. The zero-order valence-electron chi connectivity index (χ0n) is 49.9. The number of imide groups is 2. The van der Waals surface area contributed by atoms with Gasteiger partial charge in [-0.1, -0.05) is 54.1 Å². The molecule has 0 radical (unpaired) electrons. The molecule has 0 saturated heterocycles. The van der Waals surface area contributed by atoms with Gasteiger partial charge in [0.2, 0.25) is 0 Å². The van der Waals surface area contributed by atoms with E-state index >= 15 is 0 Å². The van der Waals surface area contributed by atoms with Crippen LogP contribution in [0.3, 0.4) is 0 Å². The maximum Gasteiger partial charge on any atom is 1.00 e. The van der Waals surface area contributed by atoms with E-state index < -0.39 is 29.1 Å². The fourth-order valence-corrected chi connectivity index (χ4v) is 7.02. The van der Waals surface area contributed by atoms with E-state index in [1.165, 1.54) is 17.0 Å². The summed E-state index contributed by atoms with van der Waals surface area (Å²) >= 11 is 0. The van der Waals surface area contributed by atoms with Gasteiger partial charge in [-0.05, 0) is 58.9 Å². The van der Waals surface area contributed by atoms with Gasteiger partial charge in [-0.2, -0.15) is 8.42 Å². The van der Waals surface area contributed by atoms with Crippen molar-refractivity contribution in [3.05, 3.63) is 106 Å². The molecule has 0 aromatic heterocycles. The van der Waals surface area contributed by atoms with Crippen molar-refractivity contribution in [3.8, 4) is 0 Å². The molecule has 0 fully saturated rings. The van der Waals surface area contributed by atoms with E-state index in [0.29, 0.717) is 168 Å². The molecule has 0 spiro atoms. The van der Waals surface area contributed by atoms with Crippen LogP contribution in [0.15, 0.2) is 77.7 Å². The maximum absolute atomic E-state index is 12.1. The zero-order valence-corrected chi connectivity index (χ0v) is 52.8. The molecule has 2 aliphatic heterocycles. The number of aryl methyl sites for hydroxylation is 1. The predicted octanol–water partition coefficient (Wildman–Crippen LogP) is 2.13. The Morgan fingerprint density at radius 3 is 1.13 bits per heavy atom. The van der Waals surface area contributed by atoms with Gasteiger partial charge in [-0.3, -0.25) is 23.1 Å². The van der Waals surface area contributed by atoms with Crippen molar-refractivity contribution >= 4 is 33.7 Å². The molecule has 82 heavy (non-hydrogen) atoms. The molecule has 0 unspecified atom stereocenters. The molecule has 2 heterocycles. The molecule has 0 bridgehead atoms. The zero-order chi connectivity index (χ0) is 60.7. The molecular formula is C56H89FKN3O20S. The number of nitrogens with zero attached hydrogens (tertiary/aromatic N) is 2. The molecular weight excluding hydrogens is 1120 g/mol. The molecule has 2 aliphatic rings. The van der Waals surface area contributed by atoms with Crippen LogP contribution in [0.5, 0.6) is 0 Å². The van der Waals surface area contributed by atoms with Gasteiger partial charge >= 0.3 is 51.4 Å². The molecule has 0 saturated carbocycles. The van der Waals surface area contributed by atoms with Crippen LogP contribution in [0.1, 0.15) is 76.1 Å². The number of carbonyl (C=O) groups is 4. The third-order valence-electron chi connectivity index (χ3n) is 9.99. The van der Waals surface area contributed by atoms with Crippen molar-refractivity contribution in [1.82, 2.24) is 4.90 Å². The van der Waals surface area contributed by atoms with Gasteiger partial charge in [0, 0.05) is 44.1 Å². The number of carbonyl (C=O) groups excluding carboxylic acids is 4. The Kier molecular flexibility index (Phi) is 54.8. The summed E-state index contributed by atoms with van der Waals surface area (Å²) in [6, 6.07) is 20.0. The molecule has 26 heteroatoms. The Morgan fingerprint density at radius 2 is 0.793 bits per heavy atom. The minimum atomic E-state index is -3.71. The fraction of sp³-hybridized carbons (Fsp3) is 0.607. The molecule has 3 aromatic carbocycles. The predicted molar refractivity (Wildman–Crippen MR) is 300 cm³/mol. The number of hydrogen-bond donors (Lipinski definition) is 2. The first-order chi connectivity index (χ1) is 39.8. The number of fused-ring (bicyclic) bond motifs is 2. The van der Waals surface area contributed by atoms with Crippen LogP contribution in [0, 0.1) is 6.92 Å². The van der Waals surface area contributed by atoms with Crippen LogP contribution in [0.4, 0.5) is 4.39 Å². The monoisotopic (exact) mass is 1210 g/mol. The largest absolute Gasteiger partial charge is 1.00 e. The summed E-state index contributed by atoms with van der Waals surface area (Å²) in [5.74, 6) is -1.36. The molecule has 23 nitrogen and oxygen atoms in total. The molecule has 5 rings (SSSR count). The van der Waals surface area contributed by atoms with Gasteiger partial charge in [0.05, 0.1) is 188 Å². The summed E-state index contributed by atoms with van der Waals surface area (Å²) in [7, 11) is -4.71. The molecule has 462 valence electrons. The quantitative estimate of drug-likeness (QED) is 0.0357. The number of rotatable bonds is 40. The maximum atomic E-state index is 12.1. The Bertz CT molecular complexity index is 2070. The van der Waals surface area contributed by atoms with Crippen molar-refractivity contribution in [3.63, 3.8) is 0 Å². The van der Waals surface area contributed by atoms with Crippen LogP contribution in [0.2, 0.25) is 0 Å². The second kappa shape index (κ2) is 57.0. The van der Waals surface area contributed by atoms with E-state index in [0.717, 1.165) is 18.8 Å². The molecule has 4 amide bonds. The van der Waals surface area contributed by atoms with Gasteiger partial charge < -0.3 is 82.6 Å². The van der Waals surface area contributed by atoms with E-state index in [-0.39, 0.29) is 94.5 Å². The van der Waals surface area contributed by atoms with Crippen LogP contribution >= 0.6 is 0 Å². The van der Waals surface area contributed by atoms with E-state index in [2.05, 4.69) is 5.32 Å². The van der Waals surface area contributed by atoms with Gasteiger partial charge in [-0.15, -0.1) is 0 Å². The third-order valence-corrected chi connectivity index (χ3v) is 11.3. The molecule has 3 aromatic rings. The van der Waals surface area contributed by atoms with Crippen LogP contribution in [0.25, 0.3) is 5.32 Å². The van der Waals surface area contributed by atoms with E-state index in [9.17, 15) is 32.0 Å². The number of nitrogens with two attached hydrogens (primary N) is 1. The van der Waals surface area contributed by atoms with Crippen molar-refractivity contribution in [1.29, 1.82) is 0 Å². The Morgan fingerprint density at radius 1 is 0.488 bits per heavy atom. The molecule has 3 N–H and O–H groups in total. The van der Waals surface area contributed by atoms with Gasteiger partial charge in [-0.25, -0.2) is 0 Å². The van der Waals surface area contributed by atoms with Crippen LogP contribution in [-0.4, -0.2) is 234 Å². The van der Waals surface area contributed by atoms with Gasteiger partial charge in [0.25, 0.3) is 21.9 Å². The smallest absolute Gasteiger partial charge is 0.587 e. The first kappa shape index (κ1) is 78.9. The van der Waals surface area contributed by atoms with Crippen molar-refractivity contribution in [2.75, 3.05) is 192 Å². The number of ether oxygens (including phenoxy) is 12. The fourth-order valence-electron chi connectivity index (χ4n) is 6.13. The Balaban J connectivity index is 0. The Labute approximate surface area is 528 Å². The van der Waals surface area contributed by atoms with Crippen molar-refractivity contribution in [2.45, 2.75) is 39.5 Å². The molecule has 0 atom stereocenters. The summed E-state index contributed by atoms with van der Waals surface area (Å²) in [4.78, 5) is 47.3. The summed E-state index contributed by atoms with van der Waals surface area (Å²) in [6.45, 7) is 23.6. The van der Waals surface area contributed by atoms with Crippen LogP contribution in [-0.2, 0) is 71.1 Å².